The van der Waals surface area contributed by atoms with Crippen LogP contribution in [0.25, 0.3) is 0 Å². The van der Waals surface area contributed by atoms with Gasteiger partial charge < -0.3 is 15.5 Å². The Kier molecular flexibility index (Phi) is 4.42. The summed E-state index contributed by atoms with van der Waals surface area (Å²) in [6.07, 6.45) is 3.68. The van der Waals surface area contributed by atoms with Crippen LogP contribution < -0.4 is 10.6 Å². The molecule has 2 amide bonds. The molecule has 1 aliphatic rings. The molecule has 4 heteroatoms. The summed E-state index contributed by atoms with van der Waals surface area (Å²) in [6.45, 7) is 7.90. The summed E-state index contributed by atoms with van der Waals surface area (Å²) >= 11 is 0. The fraction of sp³-hybridized carbons (Fsp3) is 0.923. The van der Waals surface area contributed by atoms with E-state index < -0.39 is 0 Å². The number of hydrogen-bond acceptors (Lipinski definition) is 2. The van der Waals surface area contributed by atoms with Crippen molar-refractivity contribution >= 4 is 6.03 Å². The van der Waals surface area contributed by atoms with Crippen LogP contribution in [0.2, 0.25) is 0 Å². The van der Waals surface area contributed by atoms with E-state index in [1.807, 2.05) is 14.1 Å². The fourth-order valence-electron chi connectivity index (χ4n) is 1.62. The second-order valence-corrected chi connectivity index (χ2v) is 6.10. The second-order valence-electron chi connectivity index (χ2n) is 6.10. The van der Waals surface area contributed by atoms with Gasteiger partial charge in [-0.15, -0.1) is 0 Å². The number of urea groups is 1. The van der Waals surface area contributed by atoms with Crippen LogP contribution >= 0.6 is 0 Å². The van der Waals surface area contributed by atoms with E-state index in [1.54, 1.807) is 0 Å². The van der Waals surface area contributed by atoms with Gasteiger partial charge in [-0.05, 0) is 52.6 Å². The van der Waals surface area contributed by atoms with Crippen LogP contribution in [0.3, 0.4) is 0 Å². The first kappa shape index (κ1) is 14.3. The van der Waals surface area contributed by atoms with Gasteiger partial charge in [0.25, 0.3) is 0 Å². The highest BCUT2D eigenvalue weighted by molar-refractivity contribution is 5.74. The van der Waals surface area contributed by atoms with Crippen molar-refractivity contribution in [3.8, 4) is 0 Å². The van der Waals surface area contributed by atoms with Crippen LogP contribution in [-0.2, 0) is 0 Å². The second kappa shape index (κ2) is 5.25. The average Bonchev–Trinajstić information content (AvgIpc) is 3.04. The first-order valence-corrected chi connectivity index (χ1v) is 6.50. The predicted octanol–water partition coefficient (Wildman–Crippen LogP) is 1.82. The maximum Gasteiger partial charge on any atom is 0.314 e. The molecule has 17 heavy (non-hydrogen) atoms. The summed E-state index contributed by atoms with van der Waals surface area (Å²) in [6, 6.07) is -0.0420. The van der Waals surface area contributed by atoms with Crippen molar-refractivity contribution < 1.29 is 4.79 Å². The molecule has 0 atom stereocenters. The molecule has 0 spiro atoms. The van der Waals surface area contributed by atoms with Gasteiger partial charge in [-0.25, -0.2) is 4.79 Å². The lowest BCUT2D eigenvalue weighted by atomic mass is 10.0. The Morgan fingerprint density at radius 3 is 2.29 bits per heavy atom. The normalized spacial score (nSPS) is 18.0. The van der Waals surface area contributed by atoms with Crippen LogP contribution in [0.4, 0.5) is 4.79 Å². The lowest BCUT2D eigenvalue weighted by Crippen LogP contribution is -2.50. The highest BCUT2D eigenvalue weighted by Gasteiger charge is 2.40. The molecule has 0 aromatic rings. The molecular weight excluding hydrogens is 214 g/mol. The van der Waals surface area contributed by atoms with Crippen molar-refractivity contribution in [3.63, 3.8) is 0 Å². The molecule has 0 aromatic carbocycles. The number of nitrogens with zero attached hydrogens (tertiary/aromatic N) is 1. The summed E-state index contributed by atoms with van der Waals surface area (Å²) in [5.74, 6) is 0. The maximum atomic E-state index is 11.7. The maximum absolute atomic E-state index is 11.7. The number of likely N-dealkylation sites (N-methyl/N-ethyl adjacent to an activating group) is 1. The molecule has 100 valence electrons. The number of hydrogen-bond donors (Lipinski definition) is 2. The average molecular weight is 241 g/mol. The number of carbonyl (C=O) groups excluding carboxylic acids is 1. The van der Waals surface area contributed by atoms with Gasteiger partial charge in [0.15, 0.2) is 0 Å². The van der Waals surface area contributed by atoms with Crippen LogP contribution in [0.1, 0.15) is 40.0 Å². The Morgan fingerprint density at radius 2 is 1.88 bits per heavy atom. The van der Waals surface area contributed by atoms with Gasteiger partial charge in [-0.2, -0.15) is 0 Å². The van der Waals surface area contributed by atoms with E-state index >= 15 is 0 Å². The molecule has 0 heterocycles. The third-order valence-electron chi connectivity index (χ3n) is 4.22. The van der Waals surface area contributed by atoms with Gasteiger partial charge in [-0.1, -0.05) is 6.92 Å². The van der Waals surface area contributed by atoms with Gasteiger partial charge in [0.1, 0.15) is 0 Å². The van der Waals surface area contributed by atoms with Gasteiger partial charge in [-0.3, -0.25) is 0 Å². The third-order valence-corrected chi connectivity index (χ3v) is 4.22. The molecule has 0 unspecified atom stereocenters. The summed E-state index contributed by atoms with van der Waals surface area (Å²) < 4.78 is 0. The van der Waals surface area contributed by atoms with E-state index in [1.165, 1.54) is 12.8 Å². The highest BCUT2D eigenvalue weighted by Crippen LogP contribution is 2.47. The fourth-order valence-corrected chi connectivity index (χ4v) is 1.62. The molecule has 1 rings (SSSR count). The first-order valence-electron chi connectivity index (χ1n) is 6.50. The minimum atomic E-state index is -0.0420. The lowest BCUT2D eigenvalue weighted by Gasteiger charge is -2.32. The number of rotatable bonds is 6. The Bertz CT molecular complexity index is 270. The first-order chi connectivity index (χ1) is 7.81. The predicted molar refractivity (Wildman–Crippen MR) is 71.1 cm³/mol. The van der Waals surface area contributed by atoms with Crippen LogP contribution in [-0.4, -0.2) is 43.7 Å². The molecule has 1 aliphatic carbocycles. The number of amides is 2. The van der Waals surface area contributed by atoms with Crippen molar-refractivity contribution in [2.24, 2.45) is 5.41 Å². The third kappa shape index (κ3) is 4.19. The van der Waals surface area contributed by atoms with Crippen molar-refractivity contribution in [1.29, 1.82) is 0 Å². The quantitative estimate of drug-likeness (QED) is 0.745. The van der Waals surface area contributed by atoms with Gasteiger partial charge in [0, 0.05) is 18.6 Å². The van der Waals surface area contributed by atoms with E-state index in [9.17, 15) is 4.79 Å². The van der Waals surface area contributed by atoms with Gasteiger partial charge >= 0.3 is 6.03 Å². The standard InChI is InChI=1S/C13H27N3O/c1-6-13(7-8-13)10-15-11(17)14-9-12(2,3)16(4)5/h6-10H2,1-5H3,(H2,14,15,17). The zero-order chi connectivity index (χ0) is 13.1. The van der Waals surface area contributed by atoms with Crippen molar-refractivity contribution in [1.82, 2.24) is 15.5 Å². The largest absolute Gasteiger partial charge is 0.338 e. The Hall–Kier alpha value is -0.770. The summed E-state index contributed by atoms with van der Waals surface area (Å²) in [7, 11) is 4.05. The lowest BCUT2D eigenvalue weighted by molar-refractivity contribution is 0.186. The summed E-state index contributed by atoms with van der Waals surface area (Å²) in [5, 5.41) is 5.92. The number of carbonyl (C=O) groups is 1. The summed E-state index contributed by atoms with van der Waals surface area (Å²) in [5.41, 5.74) is 0.397. The smallest absolute Gasteiger partial charge is 0.314 e. The molecule has 0 aromatic heterocycles. The molecule has 1 fully saturated rings. The molecular formula is C13H27N3O. The zero-order valence-electron chi connectivity index (χ0n) is 11.9. The van der Waals surface area contributed by atoms with Gasteiger partial charge in [0.2, 0.25) is 0 Å². The van der Waals surface area contributed by atoms with E-state index in [-0.39, 0.29) is 11.6 Å². The Balaban J connectivity index is 2.22. The van der Waals surface area contributed by atoms with Crippen LogP contribution in [0.5, 0.6) is 0 Å². The van der Waals surface area contributed by atoms with Crippen molar-refractivity contribution in [2.75, 3.05) is 27.2 Å². The van der Waals surface area contributed by atoms with Crippen molar-refractivity contribution in [2.45, 2.75) is 45.6 Å². The van der Waals surface area contributed by atoms with E-state index in [0.29, 0.717) is 12.0 Å². The van der Waals surface area contributed by atoms with Crippen LogP contribution in [0, 0.1) is 5.41 Å². The van der Waals surface area contributed by atoms with E-state index in [0.717, 1.165) is 13.0 Å². The minimum Gasteiger partial charge on any atom is -0.338 e. The topological polar surface area (TPSA) is 44.4 Å². The van der Waals surface area contributed by atoms with Crippen molar-refractivity contribution in [3.05, 3.63) is 0 Å². The molecule has 2 N–H and O–H groups in total. The molecule has 1 saturated carbocycles. The highest BCUT2D eigenvalue weighted by atomic mass is 16.2. The summed E-state index contributed by atoms with van der Waals surface area (Å²) in [4.78, 5) is 13.8. The zero-order valence-corrected chi connectivity index (χ0v) is 11.9. The molecule has 0 radical (unpaired) electrons. The SMILES string of the molecule is CCC1(CNC(=O)NCC(C)(C)N(C)C)CC1. The van der Waals surface area contributed by atoms with E-state index in [4.69, 9.17) is 0 Å². The Morgan fingerprint density at radius 1 is 1.29 bits per heavy atom. The van der Waals surface area contributed by atoms with Gasteiger partial charge in [0.05, 0.1) is 0 Å². The monoisotopic (exact) mass is 241 g/mol. The molecule has 0 bridgehead atoms. The molecule has 0 aliphatic heterocycles. The molecule has 0 saturated heterocycles. The van der Waals surface area contributed by atoms with Crippen LogP contribution in [0.15, 0.2) is 0 Å². The number of nitrogens with one attached hydrogen (secondary N) is 2. The minimum absolute atomic E-state index is 0.0145. The van der Waals surface area contributed by atoms with E-state index in [2.05, 4.69) is 36.3 Å². The Labute approximate surface area is 105 Å². The molecule has 4 nitrogen and oxygen atoms in total.